The standard InChI is InChI=1S/C27H29N7O3/c1-18(13-14-35)28-25-23-26(34(27(36)31-25)16-19-9-5-3-6-10-19)30-24(29-23)21-15-22(32-33(21)2)37-17-20-11-7-4-8-12-20/h3-12,15,18,35H,13-14,16-17H2,1-2H3,(H,29,30)(H,28,31,36). The van der Waals surface area contributed by atoms with Gasteiger partial charge >= 0.3 is 5.69 Å². The third-order valence-corrected chi connectivity index (χ3v) is 6.07. The first-order valence-corrected chi connectivity index (χ1v) is 12.1. The van der Waals surface area contributed by atoms with Gasteiger partial charge < -0.3 is 20.1 Å². The van der Waals surface area contributed by atoms with Gasteiger partial charge in [0.05, 0.1) is 6.54 Å². The summed E-state index contributed by atoms with van der Waals surface area (Å²) in [6.45, 7) is 2.68. The van der Waals surface area contributed by atoms with E-state index < -0.39 is 5.69 Å². The van der Waals surface area contributed by atoms with Gasteiger partial charge in [-0.3, -0.25) is 9.25 Å². The third-order valence-electron chi connectivity index (χ3n) is 6.07. The smallest absolute Gasteiger partial charge is 0.351 e. The first-order valence-electron chi connectivity index (χ1n) is 12.1. The summed E-state index contributed by atoms with van der Waals surface area (Å²) in [5, 5.41) is 17.0. The van der Waals surface area contributed by atoms with Crippen LogP contribution in [0.1, 0.15) is 24.5 Å². The maximum atomic E-state index is 13.1. The molecule has 5 rings (SSSR count). The Balaban J connectivity index is 1.53. The summed E-state index contributed by atoms with van der Waals surface area (Å²) >= 11 is 0. The van der Waals surface area contributed by atoms with Crippen molar-refractivity contribution in [3.05, 3.63) is 88.3 Å². The molecule has 5 aromatic rings. The van der Waals surface area contributed by atoms with Gasteiger partial charge in [-0.25, -0.2) is 9.78 Å². The zero-order valence-electron chi connectivity index (χ0n) is 20.8. The van der Waals surface area contributed by atoms with E-state index in [1.165, 1.54) is 0 Å². The number of anilines is 1. The highest BCUT2D eigenvalue weighted by Crippen LogP contribution is 2.27. The van der Waals surface area contributed by atoms with Crippen molar-refractivity contribution >= 4 is 17.0 Å². The summed E-state index contributed by atoms with van der Waals surface area (Å²) in [7, 11) is 1.82. The lowest BCUT2D eigenvalue weighted by Crippen LogP contribution is -2.27. The molecule has 3 heterocycles. The van der Waals surface area contributed by atoms with Crippen LogP contribution in [0.4, 0.5) is 5.82 Å². The second kappa shape index (κ2) is 10.7. The molecule has 0 saturated heterocycles. The summed E-state index contributed by atoms with van der Waals surface area (Å²) in [5.74, 6) is 1.40. The van der Waals surface area contributed by atoms with Crippen LogP contribution in [0.2, 0.25) is 0 Å². The third kappa shape index (κ3) is 5.39. The largest absolute Gasteiger partial charge is 0.472 e. The number of H-pyrrole nitrogens is 1. The summed E-state index contributed by atoms with van der Waals surface area (Å²) in [5.41, 5.74) is 3.37. The summed E-state index contributed by atoms with van der Waals surface area (Å²) < 4.78 is 9.14. The fourth-order valence-corrected chi connectivity index (χ4v) is 4.13. The molecule has 10 heteroatoms. The lowest BCUT2D eigenvalue weighted by molar-refractivity contribution is 0.282. The van der Waals surface area contributed by atoms with E-state index in [1.54, 1.807) is 9.25 Å². The number of aromatic nitrogens is 6. The van der Waals surface area contributed by atoms with Crippen LogP contribution < -0.4 is 15.7 Å². The Morgan fingerprint density at radius 2 is 1.76 bits per heavy atom. The fraction of sp³-hybridized carbons (Fsp3) is 0.259. The summed E-state index contributed by atoms with van der Waals surface area (Å²) in [6, 6.07) is 21.3. The Morgan fingerprint density at radius 1 is 1.05 bits per heavy atom. The molecule has 10 nitrogen and oxygen atoms in total. The number of aryl methyl sites for hydroxylation is 1. The minimum absolute atomic E-state index is 0.0252. The summed E-state index contributed by atoms with van der Waals surface area (Å²) in [4.78, 5) is 25.6. The highest BCUT2D eigenvalue weighted by atomic mass is 16.5. The van der Waals surface area contributed by atoms with E-state index in [0.717, 1.165) is 11.1 Å². The van der Waals surface area contributed by atoms with E-state index >= 15 is 0 Å². The van der Waals surface area contributed by atoms with Gasteiger partial charge in [-0.15, -0.1) is 5.10 Å². The minimum Gasteiger partial charge on any atom is -0.472 e. The average Bonchev–Trinajstić information content (AvgIpc) is 3.50. The molecule has 1 atom stereocenters. The first-order chi connectivity index (χ1) is 18.0. The number of nitrogens with zero attached hydrogens (tertiary/aromatic N) is 5. The van der Waals surface area contributed by atoms with Crippen molar-refractivity contribution < 1.29 is 9.84 Å². The van der Waals surface area contributed by atoms with Crippen LogP contribution in [0, 0.1) is 0 Å². The molecule has 3 aromatic heterocycles. The van der Waals surface area contributed by atoms with Crippen molar-refractivity contribution in [3.8, 4) is 17.4 Å². The molecule has 3 N–H and O–H groups in total. The van der Waals surface area contributed by atoms with Gasteiger partial charge in [0.15, 0.2) is 17.3 Å². The molecule has 2 aromatic carbocycles. The number of hydrogen-bond acceptors (Lipinski definition) is 7. The van der Waals surface area contributed by atoms with Crippen LogP contribution >= 0.6 is 0 Å². The van der Waals surface area contributed by atoms with Crippen LogP contribution in [0.3, 0.4) is 0 Å². The molecule has 37 heavy (non-hydrogen) atoms. The second-order valence-electron chi connectivity index (χ2n) is 8.92. The van der Waals surface area contributed by atoms with Gasteiger partial charge in [0.1, 0.15) is 17.8 Å². The lowest BCUT2D eigenvalue weighted by atomic mass is 10.2. The van der Waals surface area contributed by atoms with Crippen molar-refractivity contribution in [3.63, 3.8) is 0 Å². The summed E-state index contributed by atoms with van der Waals surface area (Å²) in [6.07, 6.45) is 0.515. The van der Waals surface area contributed by atoms with Gasteiger partial charge in [0, 0.05) is 25.8 Å². The number of nitrogens with one attached hydrogen (secondary N) is 2. The van der Waals surface area contributed by atoms with Crippen molar-refractivity contribution in [2.75, 3.05) is 11.9 Å². The molecule has 0 spiro atoms. The maximum Gasteiger partial charge on any atom is 0.351 e. The molecule has 0 radical (unpaired) electrons. The number of fused-ring (bicyclic) bond motifs is 1. The molecular formula is C27H29N7O3. The first kappa shape index (κ1) is 24.3. The van der Waals surface area contributed by atoms with Crippen LogP contribution in [0.25, 0.3) is 22.7 Å². The molecule has 0 saturated carbocycles. The predicted octanol–water partition coefficient (Wildman–Crippen LogP) is 3.33. The number of aliphatic hydroxyl groups is 1. The van der Waals surface area contributed by atoms with Crippen molar-refractivity contribution in [2.24, 2.45) is 7.05 Å². The van der Waals surface area contributed by atoms with Crippen molar-refractivity contribution in [1.82, 2.24) is 29.3 Å². The molecule has 190 valence electrons. The molecule has 0 aliphatic carbocycles. The van der Waals surface area contributed by atoms with E-state index in [2.05, 4.69) is 20.4 Å². The van der Waals surface area contributed by atoms with Crippen molar-refractivity contribution in [2.45, 2.75) is 32.5 Å². The molecule has 1 unspecified atom stereocenters. The predicted molar refractivity (Wildman–Crippen MR) is 141 cm³/mol. The van der Waals surface area contributed by atoms with Gasteiger partial charge in [-0.05, 0) is 24.5 Å². The van der Waals surface area contributed by atoms with E-state index in [1.807, 2.05) is 80.7 Å². The molecule has 0 amide bonds. The topological polar surface area (TPSA) is 123 Å². The van der Waals surface area contributed by atoms with Gasteiger partial charge in [0.25, 0.3) is 0 Å². The number of imidazole rings is 1. The Kier molecular flexibility index (Phi) is 7.00. The highest BCUT2D eigenvalue weighted by molar-refractivity contribution is 5.86. The number of rotatable bonds is 10. The normalized spacial score (nSPS) is 12.1. The molecular weight excluding hydrogens is 470 g/mol. The maximum absolute atomic E-state index is 13.1. The van der Waals surface area contributed by atoms with Crippen LogP contribution in [0.15, 0.2) is 71.5 Å². The zero-order valence-corrected chi connectivity index (χ0v) is 20.8. The second-order valence-corrected chi connectivity index (χ2v) is 8.92. The monoisotopic (exact) mass is 499 g/mol. The number of hydrogen-bond donors (Lipinski definition) is 3. The van der Waals surface area contributed by atoms with E-state index in [0.29, 0.717) is 54.0 Å². The van der Waals surface area contributed by atoms with E-state index in [9.17, 15) is 9.90 Å². The SMILES string of the molecule is CC(CCO)Nc1nc(=O)n(Cc2ccccc2)c2nc(-c3cc(OCc4ccccc4)nn3C)[nH]c12. The van der Waals surface area contributed by atoms with E-state index in [4.69, 9.17) is 9.72 Å². The van der Waals surface area contributed by atoms with Crippen LogP contribution in [0.5, 0.6) is 5.88 Å². The Morgan fingerprint density at radius 3 is 2.46 bits per heavy atom. The van der Waals surface area contributed by atoms with E-state index in [-0.39, 0.29) is 12.6 Å². The number of benzene rings is 2. The Labute approximate surface area is 213 Å². The fourth-order valence-electron chi connectivity index (χ4n) is 4.13. The van der Waals surface area contributed by atoms with Crippen molar-refractivity contribution in [1.29, 1.82) is 0 Å². The van der Waals surface area contributed by atoms with Gasteiger partial charge in [0.2, 0.25) is 5.88 Å². The lowest BCUT2D eigenvalue weighted by Gasteiger charge is -2.14. The molecule has 0 aliphatic heterocycles. The number of aromatic amines is 1. The average molecular weight is 500 g/mol. The van der Waals surface area contributed by atoms with Crippen LogP contribution in [-0.4, -0.2) is 47.1 Å². The highest BCUT2D eigenvalue weighted by Gasteiger charge is 2.20. The number of ether oxygens (including phenoxy) is 1. The minimum atomic E-state index is -0.412. The zero-order chi connectivity index (χ0) is 25.8. The quantitative estimate of drug-likeness (QED) is 0.269. The molecule has 0 aliphatic rings. The van der Waals surface area contributed by atoms with Gasteiger partial charge in [-0.1, -0.05) is 60.7 Å². The number of aliphatic hydroxyl groups excluding tert-OH is 1. The Bertz CT molecular complexity index is 1540. The molecule has 0 bridgehead atoms. The molecule has 0 fully saturated rings. The van der Waals surface area contributed by atoms with Gasteiger partial charge in [-0.2, -0.15) is 4.98 Å². The Hall–Kier alpha value is -4.44. The van der Waals surface area contributed by atoms with Crippen LogP contribution in [-0.2, 0) is 20.2 Å².